The lowest BCUT2D eigenvalue weighted by molar-refractivity contribution is -0.0438. The van der Waals surface area contributed by atoms with Gasteiger partial charge in [-0.1, -0.05) is 6.07 Å². The minimum absolute atomic E-state index is 0.322. The van der Waals surface area contributed by atoms with Crippen LogP contribution in [0.3, 0.4) is 0 Å². The fourth-order valence-electron chi connectivity index (χ4n) is 2.27. The Hall–Kier alpha value is -2.88. The summed E-state index contributed by atoms with van der Waals surface area (Å²) in [5.41, 5.74) is -5.22. The number of anilines is 1. The molecule has 10 heteroatoms. The van der Waals surface area contributed by atoms with E-state index in [2.05, 4.69) is 15.3 Å². The first-order valence-electron chi connectivity index (χ1n) is 6.85. The molecule has 0 bridgehead atoms. The number of hydrogen-bond acceptors (Lipinski definition) is 4. The molecule has 0 saturated carbocycles. The Bertz CT molecular complexity index is 1060. The number of fused-ring (bicyclic) bond motifs is 1. The van der Waals surface area contributed by atoms with Crippen LogP contribution in [0, 0.1) is 0 Å². The number of hydrogen-bond donors (Lipinski definition) is 2. The standard InChI is InChI=1S/C15H10F3N3O3S/c16-15(17,18)25(23,24)14-10(3-2-7-20-14)13(22)21-12-5-1-4-11-9(12)6-8-19-11/h1-8,19H,(H,21,22). The molecule has 0 saturated heterocycles. The van der Waals surface area contributed by atoms with Crippen LogP contribution in [0.1, 0.15) is 10.4 Å². The van der Waals surface area contributed by atoms with Crippen molar-refractivity contribution in [3.8, 4) is 0 Å². The Balaban J connectivity index is 2.03. The van der Waals surface area contributed by atoms with E-state index >= 15 is 0 Å². The first-order valence-corrected chi connectivity index (χ1v) is 8.34. The minimum atomic E-state index is -5.75. The van der Waals surface area contributed by atoms with E-state index in [1.807, 2.05) is 0 Å². The molecule has 0 atom stereocenters. The molecular formula is C15H10F3N3O3S. The number of benzene rings is 1. The van der Waals surface area contributed by atoms with Crippen LogP contribution in [0.2, 0.25) is 0 Å². The number of aromatic nitrogens is 2. The van der Waals surface area contributed by atoms with Crippen molar-refractivity contribution in [1.29, 1.82) is 0 Å². The second-order valence-electron chi connectivity index (χ2n) is 5.00. The highest BCUT2D eigenvalue weighted by Gasteiger charge is 2.49. The Morgan fingerprint density at radius 1 is 1.12 bits per heavy atom. The van der Waals surface area contributed by atoms with Gasteiger partial charge in [0, 0.05) is 23.3 Å². The van der Waals surface area contributed by atoms with Crippen LogP contribution in [0.25, 0.3) is 10.9 Å². The molecule has 6 nitrogen and oxygen atoms in total. The molecule has 0 aliphatic rings. The number of nitrogens with zero attached hydrogens (tertiary/aromatic N) is 1. The molecule has 1 aromatic carbocycles. The molecule has 1 amide bonds. The number of H-pyrrole nitrogens is 1. The van der Waals surface area contributed by atoms with Crippen molar-refractivity contribution in [1.82, 2.24) is 9.97 Å². The number of aromatic amines is 1. The van der Waals surface area contributed by atoms with E-state index in [-0.39, 0.29) is 0 Å². The summed E-state index contributed by atoms with van der Waals surface area (Å²) in [5, 5.41) is 1.71. The zero-order valence-electron chi connectivity index (χ0n) is 12.3. The average Bonchev–Trinajstić information content (AvgIpc) is 3.03. The van der Waals surface area contributed by atoms with Gasteiger partial charge in [-0.3, -0.25) is 4.79 Å². The van der Waals surface area contributed by atoms with Gasteiger partial charge < -0.3 is 10.3 Å². The van der Waals surface area contributed by atoms with Gasteiger partial charge in [0.25, 0.3) is 15.7 Å². The summed E-state index contributed by atoms with van der Waals surface area (Å²) >= 11 is 0. The second-order valence-corrected chi connectivity index (χ2v) is 6.86. The maximum Gasteiger partial charge on any atom is 0.503 e. The lowest BCUT2D eigenvalue weighted by atomic mass is 10.2. The first kappa shape index (κ1) is 17.0. The zero-order valence-corrected chi connectivity index (χ0v) is 13.1. The first-order chi connectivity index (χ1) is 11.7. The van der Waals surface area contributed by atoms with E-state index in [0.29, 0.717) is 16.6 Å². The number of rotatable bonds is 3. The highest BCUT2D eigenvalue weighted by Crippen LogP contribution is 2.31. The monoisotopic (exact) mass is 369 g/mol. The van der Waals surface area contributed by atoms with Crippen molar-refractivity contribution in [2.24, 2.45) is 0 Å². The number of amides is 1. The third-order valence-corrected chi connectivity index (χ3v) is 4.86. The van der Waals surface area contributed by atoms with Crippen LogP contribution in [-0.2, 0) is 9.84 Å². The molecule has 130 valence electrons. The van der Waals surface area contributed by atoms with E-state index in [9.17, 15) is 26.4 Å². The van der Waals surface area contributed by atoms with Gasteiger partial charge in [-0.2, -0.15) is 13.2 Å². The predicted octanol–water partition coefficient (Wildman–Crippen LogP) is 3.11. The highest BCUT2D eigenvalue weighted by molar-refractivity contribution is 7.92. The van der Waals surface area contributed by atoms with Crippen molar-refractivity contribution in [2.45, 2.75) is 10.5 Å². The zero-order chi connectivity index (χ0) is 18.2. The number of pyridine rings is 1. The van der Waals surface area contributed by atoms with Crippen LogP contribution >= 0.6 is 0 Å². The maximum atomic E-state index is 12.8. The average molecular weight is 369 g/mol. The van der Waals surface area contributed by atoms with Crippen LogP contribution in [0.4, 0.5) is 18.9 Å². The molecule has 2 N–H and O–H groups in total. The Morgan fingerprint density at radius 2 is 1.88 bits per heavy atom. The molecule has 0 radical (unpaired) electrons. The Morgan fingerprint density at radius 3 is 2.60 bits per heavy atom. The lowest BCUT2D eigenvalue weighted by Crippen LogP contribution is -2.27. The SMILES string of the molecule is O=C(Nc1cccc2[nH]ccc12)c1cccnc1S(=O)(=O)C(F)(F)F. The third kappa shape index (κ3) is 2.95. The van der Waals surface area contributed by atoms with Gasteiger partial charge in [0.2, 0.25) is 0 Å². The number of sulfone groups is 1. The van der Waals surface area contributed by atoms with E-state index in [1.165, 1.54) is 6.07 Å². The van der Waals surface area contributed by atoms with E-state index in [0.717, 1.165) is 12.3 Å². The molecule has 0 spiro atoms. The summed E-state index contributed by atoms with van der Waals surface area (Å²) in [4.78, 5) is 18.6. The summed E-state index contributed by atoms with van der Waals surface area (Å²) in [5.74, 6) is -1.01. The summed E-state index contributed by atoms with van der Waals surface area (Å²) in [7, 11) is -5.75. The van der Waals surface area contributed by atoms with Crippen LogP contribution in [0.15, 0.2) is 53.8 Å². The van der Waals surface area contributed by atoms with Crippen LogP contribution < -0.4 is 5.32 Å². The lowest BCUT2D eigenvalue weighted by Gasteiger charge is -2.12. The number of alkyl halides is 3. The Kier molecular flexibility index (Phi) is 3.99. The number of halogens is 3. The van der Waals surface area contributed by atoms with E-state index in [4.69, 9.17) is 0 Å². The normalized spacial score (nSPS) is 12.3. The van der Waals surface area contributed by atoms with Gasteiger partial charge in [-0.15, -0.1) is 0 Å². The van der Waals surface area contributed by atoms with Gasteiger partial charge in [-0.05, 0) is 30.3 Å². The molecule has 3 rings (SSSR count). The molecule has 0 unspecified atom stereocenters. The molecule has 2 heterocycles. The summed E-state index contributed by atoms with van der Waals surface area (Å²) < 4.78 is 61.6. The number of nitrogens with one attached hydrogen (secondary N) is 2. The number of carbonyl (C=O) groups is 1. The predicted molar refractivity (Wildman–Crippen MR) is 83.7 cm³/mol. The summed E-state index contributed by atoms with van der Waals surface area (Å²) in [6.45, 7) is 0. The van der Waals surface area contributed by atoms with Crippen LogP contribution in [0.5, 0.6) is 0 Å². The van der Waals surface area contributed by atoms with Gasteiger partial charge in [-0.25, -0.2) is 13.4 Å². The van der Waals surface area contributed by atoms with Crippen molar-refractivity contribution < 1.29 is 26.4 Å². The highest BCUT2D eigenvalue weighted by atomic mass is 32.2. The fourth-order valence-corrected chi connectivity index (χ4v) is 3.14. The number of carbonyl (C=O) groups excluding carboxylic acids is 1. The van der Waals surface area contributed by atoms with Crippen molar-refractivity contribution >= 4 is 32.3 Å². The minimum Gasteiger partial charge on any atom is -0.361 e. The molecule has 2 aromatic heterocycles. The molecule has 0 aliphatic heterocycles. The second kappa shape index (κ2) is 5.88. The quantitative estimate of drug-likeness (QED) is 0.742. The van der Waals surface area contributed by atoms with E-state index < -0.39 is 31.8 Å². The Labute approximate surface area is 139 Å². The largest absolute Gasteiger partial charge is 0.503 e. The van der Waals surface area contributed by atoms with Crippen molar-refractivity contribution in [2.75, 3.05) is 5.32 Å². The summed E-state index contributed by atoms with van der Waals surface area (Å²) in [6.07, 6.45) is 2.51. The van der Waals surface area contributed by atoms with E-state index in [1.54, 1.807) is 30.5 Å². The third-order valence-electron chi connectivity index (χ3n) is 3.42. The molecule has 0 fully saturated rings. The maximum absolute atomic E-state index is 12.8. The van der Waals surface area contributed by atoms with Gasteiger partial charge >= 0.3 is 5.51 Å². The van der Waals surface area contributed by atoms with Crippen molar-refractivity contribution in [3.05, 3.63) is 54.4 Å². The van der Waals surface area contributed by atoms with Crippen LogP contribution in [-0.4, -0.2) is 29.8 Å². The topological polar surface area (TPSA) is 91.9 Å². The fraction of sp³-hybridized carbons (Fsp3) is 0.0667. The molecular weight excluding hydrogens is 359 g/mol. The van der Waals surface area contributed by atoms with Crippen molar-refractivity contribution in [3.63, 3.8) is 0 Å². The van der Waals surface area contributed by atoms with Gasteiger partial charge in [0.15, 0.2) is 5.03 Å². The summed E-state index contributed by atoms with van der Waals surface area (Å²) in [6, 6.07) is 8.74. The van der Waals surface area contributed by atoms with Gasteiger partial charge in [0.1, 0.15) is 0 Å². The van der Waals surface area contributed by atoms with Gasteiger partial charge in [0.05, 0.1) is 11.3 Å². The molecule has 3 aromatic rings. The molecule has 0 aliphatic carbocycles. The smallest absolute Gasteiger partial charge is 0.361 e. The molecule has 25 heavy (non-hydrogen) atoms.